The van der Waals surface area contributed by atoms with E-state index in [1.165, 1.54) is 22.3 Å². The van der Waals surface area contributed by atoms with Gasteiger partial charge in [0.05, 0.1) is 0 Å². The Morgan fingerprint density at radius 2 is 1.62 bits per heavy atom. The van der Waals surface area contributed by atoms with Crippen molar-refractivity contribution >= 4 is 34.4 Å². The zero-order chi connectivity index (χ0) is 20.5. The second-order valence-electron chi connectivity index (χ2n) is 7.37. The molecule has 0 saturated heterocycles. The molecule has 4 nitrogen and oxygen atoms in total. The van der Waals surface area contributed by atoms with Crippen LogP contribution < -0.4 is 11.1 Å². The first-order valence-corrected chi connectivity index (χ1v) is 10.7. The lowest BCUT2D eigenvalue weighted by atomic mass is 9.98. The Labute approximate surface area is 184 Å². The third-order valence-electron chi connectivity index (χ3n) is 5.67. The summed E-state index contributed by atoms with van der Waals surface area (Å²) in [7, 11) is 0. The van der Waals surface area contributed by atoms with Crippen molar-refractivity contribution in [1.82, 2.24) is 5.32 Å². The van der Waals surface area contributed by atoms with Gasteiger partial charge in [-0.05, 0) is 81.4 Å². The van der Waals surface area contributed by atoms with E-state index in [9.17, 15) is 4.79 Å². The van der Waals surface area contributed by atoms with Gasteiger partial charge in [0.25, 0.3) is 0 Å². The summed E-state index contributed by atoms with van der Waals surface area (Å²) < 4.78 is 6.73. The van der Waals surface area contributed by atoms with Crippen molar-refractivity contribution in [2.24, 2.45) is 0 Å². The molecule has 1 aliphatic carbocycles. The molecular weight excluding hydrogens is 475 g/mol. The number of nitrogens with two attached hydrogens (primary N) is 1. The van der Waals surface area contributed by atoms with E-state index in [1.54, 1.807) is 0 Å². The van der Waals surface area contributed by atoms with Crippen molar-refractivity contribution in [2.75, 3.05) is 12.3 Å². The van der Waals surface area contributed by atoms with Gasteiger partial charge in [0.1, 0.15) is 6.61 Å². The maximum Gasteiger partial charge on any atom is 0.407 e. The monoisotopic (exact) mass is 498 g/mol. The van der Waals surface area contributed by atoms with Gasteiger partial charge in [-0.3, -0.25) is 0 Å². The fourth-order valence-electron chi connectivity index (χ4n) is 3.95. The average molecular weight is 498 g/mol. The summed E-state index contributed by atoms with van der Waals surface area (Å²) >= 11 is 2.30. The van der Waals surface area contributed by atoms with E-state index < -0.39 is 6.09 Å². The number of alkyl carbamates (subject to hydrolysis) is 1. The number of ether oxygens (including phenoxy) is 1. The summed E-state index contributed by atoms with van der Waals surface area (Å²) in [4.78, 5) is 12.4. The van der Waals surface area contributed by atoms with Crippen LogP contribution in [0, 0.1) is 17.4 Å². The van der Waals surface area contributed by atoms with Crippen LogP contribution in [0.2, 0.25) is 0 Å². The highest BCUT2D eigenvalue weighted by molar-refractivity contribution is 14.1. The molecule has 1 aliphatic rings. The van der Waals surface area contributed by atoms with Crippen LogP contribution >= 0.6 is 22.6 Å². The minimum absolute atomic E-state index is 0.0610. The number of carbonyl (C=O) groups is 1. The molecule has 0 spiro atoms. The molecule has 0 unspecified atom stereocenters. The van der Waals surface area contributed by atoms with Crippen LogP contribution in [-0.2, 0) is 11.3 Å². The molecule has 0 bridgehead atoms. The number of hydrogen-bond donors (Lipinski definition) is 2. The van der Waals surface area contributed by atoms with Gasteiger partial charge in [0.2, 0.25) is 0 Å². The maximum atomic E-state index is 12.4. The van der Waals surface area contributed by atoms with Crippen LogP contribution in [0.1, 0.15) is 33.7 Å². The summed E-state index contributed by atoms with van der Waals surface area (Å²) in [6.07, 6.45) is -0.416. The Kier molecular flexibility index (Phi) is 5.50. The summed E-state index contributed by atoms with van der Waals surface area (Å²) in [5.74, 6) is 0.0610. The predicted molar refractivity (Wildman–Crippen MR) is 125 cm³/mol. The Balaban J connectivity index is 1.43. The van der Waals surface area contributed by atoms with E-state index in [2.05, 4.69) is 52.2 Å². The third kappa shape index (κ3) is 3.71. The van der Waals surface area contributed by atoms with Crippen molar-refractivity contribution < 1.29 is 9.53 Å². The second-order valence-corrected chi connectivity index (χ2v) is 8.45. The van der Waals surface area contributed by atoms with Crippen LogP contribution in [0.25, 0.3) is 11.1 Å². The number of anilines is 1. The zero-order valence-electron chi connectivity index (χ0n) is 16.5. The number of amides is 1. The van der Waals surface area contributed by atoms with Gasteiger partial charge < -0.3 is 15.8 Å². The molecule has 1 amide bonds. The Bertz CT molecular complexity index is 1050. The molecule has 0 heterocycles. The Hall–Kier alpha value is -2.54. The predicted octanol–water partition coefficient (Wildman–Crippen LogP) is 5.53. The molecule has 5 heteroatoms. The molecule has 3 aromatic carbocycles. The van der Waals surface area contributed by atoms with Gasteiger partial charge in [-0.25, -0.2) is 4.79 Å². The van der Waals surface area contributed by atoms with E-state index in [0.717, 1.165) is 25.9 Å². The minimum atomic E-state index is -0.416. The van der Waals surface area contributed by atoms with Gasteiger partial charge in [0.15, 0.2) is 0 Å². The van der Waals surface area contributed by atoms with Crippen molar-refractivity contribution in [1.29, 1.82) is 0 Å². The summed E-state index contributed by atoms with van der Waals surface area (Å²) in [5.41, 5.74) is 14.9. The lowest BCUT2D eigenvalue weighted by Crippen LogP contribution is -2.26. The highest BCUT2D eigenvalue weighted by atomic mass is 127. The summed E-state index contributed by atoms with van der Waals surface area (Å²) in [5, 5.41) is 2.87. The molecule has 0 fully saturated rings. The number of hydrogen-bond acceptors (Lipinski definition) is 3. The molecule has 0 aliphatic heterocycles. The van der Waals surface area contributed by atoms with Crippen molar-refractivity contribution in [3.63, 3.8) is 0 Å². The van der Waals surface area contributed by atoms with Crippen molar-refractivity contribution in [2.45, 2.75) is 26.3 Å². The molecule has 4 rings (SSSR count). The van der Waals surface area contributed by atoms with E-state index in [1.807, 2.05) is 44.2 Å². The average Bonchev–Trinajstić information content (AvgIpc) is 3.06. The molecule has 148 valence electrons. The largest absolute Gasteiger partial charge is 0.449 e. The van der Waals surface area contributed by atoms with Gasteiger partial charge in [-0.1, -0.05) is 48.5 Å². The highest BCUT2D eigenvalue weighted by Crippen LogP contribution is 2.44. The molecule has 0 radical (unpaired) electrons. The van der Waals surface area contributed by atoms with Gasteiger partial charge in [-0.15, -0.1) is 0 Å². The van der Waals surface area contributed by atoms with Crippen LogP contribution in [-0.4, -0.2) is 12.7 Å². The van der Waals surface area contributed by atoms with Gasteiger partial charge in [0, 0.05) is 21.7 Å². The third-order valence-corrected chi connectivity index (χ3v) is 7.29. The van der Waals surface area contributed by atoms with E-state index >= 15 is 0 Å². The Morgan fingerprint density at radius 1 is 1.03 bits per heavy atom. The second kappa shape index (κ2) is 8.06. The van der Waals surface area contributed by atoms with Crippen LogP contribution in [0.5, 0.6) is 0 Å². The topological polar surface area (TPSA) is 64.3 Å². The quantitative estimate of drug-likeness (QED) is 0.368. The maximum absolute atomic E-state index is 12.4. The molecule has 3 N–H and O–H groups in total. The number of halogens is 1. The van der Waals surface area contributed by atoms with Gasteiger partial charge in [-0.2, -0.15) is 0 Å². The molecule has 0 aromatic heterocycles. The van der Waals surface area contributed by atoms with E-state index in [-0.39, 0.29) is 5.92 Å². The van der Waals surface area contributed by atoms with E-state index in [4.69, 9.17) is 10.5 Å². The molecule has 3 aromatic rings. The zero-order valence-corrected chi connectivity index (χ0v) is 18.6. The van der Waals surface area contributed by atoms with E-state index in [0.29, 0.717) is 13.2 Å². The molecular formula is C24H23IN2O2. The fourth-order valence-corrected chi connectivity index (χ4v) is 4.61. The van der Waals surface area contributed by atoms with Crippen LogP contribution in [0.3, 0.4) is 0 Å². The van der Waals surface area contributed by atoms with Crippen molar-refractivity contribution in [3.8, 4) is 11.1 Å². The SMILES string of the molecule is Cc1c(N)cc(CNC(=O)OCC2c3ccccc3-c3ccccc32)c(C)c1I. The Morgan fingerprint density at radius 3 is 2.24 bits per heavy atom. The number of benzene rings is 3. The summed E-state index contributed by atoms with van der Waals surface area (Å²) in [6.45, 7) is 4.76. The molecule has 29 heavy (non-hydrogen) atoms. The standard InChI is InChI=1S/C24H23IN2O2/c1-14-16(11-22(26)15(2)23(14)25)12-27-24(28)29-13-21-19-9-5-3-7-17(19)18-8-4-6-10-20(18)21/h3-11,21H,12-13,26H2,1-2H3,(H,27,28). The van der Waals surface area contributed by atoms with Crippen LogP contribution in [0.4, 0.5) is 10.5 Å². The number of nitrogen functional groups attached to an aromatic ring is 1. The smallest absolute Gasteiger partial charge is 0.407 e. The number of carbonyl (C=O) groups excluding carboxylic acids is 1. The normalized spacial score (nSPS) is 12.4. The number of fused-ring (bicyclic) bond motifs is 3. The molecule has 0 saturated carbocycles. The number of nitrogens with one attached hydrogen (secondary N) is 1. The molecule has 0 atom stereocenters. The highest BCUT2D eigenvalue weighted by Gasteiger charge is 2.28. The van der Waals surface area contributed by atoms with Crippen LogP contribution in [0.15, 0.2) is 54.6 Å². The first-order chi connectivity index (χ1) is 14.0. The van der Waals surface area contributed by atoms with Crippen molar-refractivity contribution in [3.05, 3.63) is 86.0 Å². The first kappa shape index (κ1) is 19.8. The summed E-state index contributed by atoms with van der Waals surface area (Å²) in [6, 6.07) is 18.6. The fraction of sp³-hybridized carbons (Fsp3) is 0.208. The minimum Gasteiger partial charge on any atom is -0.449 e. The number of rotatable bonds is 4. The van der Waals surface area contributed by atoms with Gasteiger partial charge >= 0.3 is 6.09 Å². The lowest BCUT2D eigenvalue weighted by molar-refractivity contribution is 0.142. The first-order valence-electron chi connectivity index (χ1n) is 9.60. The lowest BCUT2D eigenvalue weighted by Gasteiger charge is -2.16.